The Bertz CT molecular complexity index is 585. The molecule has 1 nitrogen and oxygen atoms in total. The third-order valence-corrected chi connectivity index (χ3v) is 4.58. The Morgan fingerprint density at radius 2 is 1.81 bits per heavy atom. The van der Waals surface area contributed by atoms with Crippen LogP contribution >= 0.6 is 0 Å². The molecule has 110 valence electrons. The third kappa shape index (κ3) is 3.19. The Balaban J connectivity index is 1.79. The molecule has 1 aliphatic carbocycles. The molecule has 0 aliphatic heterocycles. The molecule has 21 heavy (non-hydrogen) atoms. The van der Waals surface area contributed by atoms with Crippen molar-refractivity contribution in [2.75, 3.05) is 6.54 Å². The van der Waals surface area contributed by atoms with Crippen molar-refractivity contribution >= 4 is 0 Å². The Morgan fingerprint density at radius 3 is 2.57 bits per heavy atom. The number of hydrogen-bond donors (Lipinski definition) is 1. The lowest BCUT2D eigenvalue weighted by molar-refractivity contribution is 0.387. The standard InChI is InChI=1S/C20H25N/c1-3-12-21-20-18(13-16-10-8-15(2)9-11-16)14-17-6-4-5-7-19(17)20/h4-11,18,20-21H,3,12-14H2,1-2H3. The second-order valence-corrected chi connectivity index (χ2v) is 6.28. The minimum absolute atomic E-state index is 0.516. The minimum Gasteiger partial charge on any atom is -0.310 e. The fourth-order valence-corrected chi connectivity index (χ4v) is 3.47. The van der Waals surface area contributed by atoms with E-state index in [0.717, 1.165) is 13.0 Å². The van der Waals surface area contributed by atoms with Crippen molar-refractivity contribution in [1.82, 2.24) is 5.32 Å². The summed E-state index contributed by atoms with van der Waals surface area (Å²) in [5.74, 6) is 0.677. The van der Waals surface area contributed by atoms with Crippen molar-refractivity contribution in [3.05, 3.63) is 70.8 Å². The molecule has 0 bridgehead atoms. The number of aryl methyl sites for hydroxylation is 1. The first-order valence-corrected chi connectivity index (χ1v) is 8.14. The number of fused-ring (bicyclic) bond motifs is 1. The third-order valence-electron chi connectivity index (χ3n) is 4.58. The molecule has 0 saturated carbocycles. The van der Waals surface area contributed by atoms with Gasteiger partial charge in [-0.3, -0.25) is 0 Å². The zero-order valence-corrected chi connectivity index (χ0v) is 13.1. The molecule has 0 radical (unpaired) electrons. The van der Waals surface area contributed by atoms with Gasteiger partial charge in [0.2, 0.25) is 0 Å². The number of nitrogens with one attached hydrogen (secondary N) is 1. The second kappa shape index (κ2) is 6.44. The van der Waals surface area contributed by atoms with E-state index in [4.69, 9.17) is 0 Å². The van der Waals surface area contributed by atoms with E-state index in [9.17, 15) is 0 Å². The first kappa shape index (κ1) is 14.3. The molecule has 0 heterocycles. The maximum absolute atomic E-state index is 3.77. The van der Waals surface area contributed by atoms with E-state index in [2.05, 4.69) is 67.7 Å². The lowest BCUT2D eigenvalue weighted by Crippen LogP contribution is -2.27. The fraction of sp³-hybridized carbons (Fsp3) is 0.400. The number of hydrogen-bond acceptors (Lipinski definition) is 1. The molecule has 1 N–H and O–H groups in total. The Hall–Kier alpha value is -1.60. The van der Waals surface area contributed by atoms with Gasteiger partial charge in [-0.25, -0.2) is 0 Å². The minimum atomic E-state index is 0.516. The van der Waals surface area contributed by atoms with Gasteiger partial charge in [-0.15, -0.1) is 0 Å². The molecular weight excluding hydrogens is 254 g/mol. The first-order chi connectivity index (χ1) is 10.3. The van der Waals surface area contributed by atoms with Gasteiger partial charge in [-0.05, 0) is 55.3 Å². The Morgan fingerprint density at radius 1 is 1.05 bits per heavy atom. The van der Waals surface area contributed by atoms with Gasteiger partial charge in [-0.1, -0.05) is 61.0 Å². The van der Waals surface area contributed by atoms with E-state index in [0.29, 0.717) is 12.0 Å². The van der Waals surface area contributed by atoms with E-state index in [-0.39, 0.29) is 0 Å². The van der Waals surface area contributed by atoms with Crippen molar-refractivity contribution in [2.24, 2.45) is 5.92 Å². The van der Waals surface area contributed by atoms with Crippen molar-refractivity contribution in [2.45, 2.75) is 39.2 Å². The van der Waals surface area contributed by atoms with Crippen LogP contribution in [0.3, 0.4) is 0 Å². The van der Waals surface area contributed by atoms with Crippen LogP contribution in [0.5, 0.6) is 0 Å². The molecule has 0 spiro atoms. The largest absolute Gasteiger partial charge is 0.310 e. The average molecular weight is 279 g/mol. The molecule has 2 aromatic carbocycles. The predicted molar refractivity (Wildman–Crippen MR) is 89.6 cm³/mol. The molecule has 0 aromatic heterocycles. The van der Waals surface area contributed by atoms with Crippen molar-refractivity contribution in [3.8, 4) is 0 Å². The summed E-state index contributed by atoms with van der Waals surface area (Å²) in [6, 6.07) is 18.5. The molecule has 3 rings (SSSR count). The van der Waals surface area contributed by atoms with Crippen molar-refractivity contribution < 1.29 is 0 Å². The van der Waals surface area contributed by atoms with Crippen LogP contribution in [0.1, 0.15) is 41.6 Å². The Labute approximate surface area is 128 Å². The summed E-state index contributed by atoms with van der Waals surface area (Å²) >= 11 is 0. The highest BCUT2D eigenvalue weighted by atomic mass is 14.9. The van der Waals surface area contributed by atoms with Gasteiger partial charge in [0.1, 0.15) is 0 Å². The van der Waals surface area contributed by atoms with Gasteiger partial charge in [0.05, 0.1) is 0 Å². The summed E-state index contributed by atoms with van der Waals surface area (Å²) in [5.41, 5.74) is 5.85. The van der Waals surface area contributed by atoms with Gasteiger partial charge in [0, 0.05) is 6.04 Å². The summed E-state index contributed by atoms with van der Waals surface area (Å²) in [6.07, 6.45) is 3.55. The van der Waals surface area contributed by atoms with Crippen LogP contribution in [-0.4, -0.2) is 6.54 Å². The quantitative estimate of drug-likeness (QED) is 0.852. The molecule has 1 heteroatoms. The summed E-state index contributed by atoms with van der Waals surface area (Å²) in [4.78, 5) is 0. The lowest BCUT2D eigenvalue weighted by Gasteiger charge is -2.22. The molecule has 0 fully saturated rings. The lowest BCUT2D eigenvalue weighted by atomic mass is 9.92. The van der Waals surface area contributed by atoms with E-state index in [1.54, 1.807) is 0 Å². The van der Waals surface area contributed by atoms with E-state index >= 15 is 0 Å². The van der Waals surface area contributed by atoms with Crippen LogP contribution < -0.4 is 5.32 Å². The van der Waals surface area contributed by atoms with E-state index in [1.807, 2.05) is 0 Å². The highest BCUT2D eigenvalue weighted by Crippen LogP contribution is 2.37. The van der Waals surface area contributed by atoms with Crippen molar-refractivity contribution in [1.29, 1.82) is 0 Å². The predicted octanol–water partition coefficient (Wildman–Crippen LogP) is 4.45. The number of benzene rings is 2. The monoisotopic (exact) mass is 279 g/mol. The van der Waals surface area contributed by atoms with E-state index < -0.39 is 0 Å². The molecule has 2 aromatic rings. The first-order valence-electron chi connectivity index (χ1n) is 8.14. The summed E-state index contributed by atoms with van der Waals surface area (Å²) in [6.45, 7) is 5.49. The smallest absolute Gasteiger partial charge is 0.0357 e. The zero-order valence-electron chi connectivity index (χ0n) is 13.1. The summed E-state index contributed by atoms with van der Waals surface area (Å²) < 4.78 is 0. The van der Waals surface area contributed by atoms with Crippen LogP contribution in [0.25, 0.3) is 0 Å². The number of rotatable bonds is 5. The maximum atomic E-state index is 3.77. The molecule has 0 amide bonds. The van der Waals surface area contributed by atoms with Crippen LogP contribution in [0.2, 0.25) is 0 Å². The molecule has 1 aliphatic rings. The molecule has 2 atom stereocenters. The zero-order chi connectivity index (χ0) is 14.7. The molecule has 0 saturated heterocycles. The highest BCUT2D eigenvalue weighted by Gasteiger charge is 2.31. The van der Waals surface area contributed by atoms with Crippen molar-refractivity contribution in [3.63, 3.8) is 0 Å². The SMILES string of the molecule is CCCNC1c2ccccc2CC1Cc1ccc(C)cc1. The average Bonchev–Trinajstić information content (AvgIpc) is 2.85. The van der Waals surface area contributed by atoms with Crippen LogP contribution in [0.4, 0.5) is 0 Å². The molecule has 2 unspecified atom stereocenters. The van der Waals surface area contributed by atoms with Gasteiger partial charge in [-0.2, -0.15) is 0 Å². The van der Waals surface area contributed by atoms with Crippen LogP contribution in [0, 0.1) is 12.8 Å². The summed E-state index contributed by atoms with van der Waals surface area (Å²) in [7, 11) is 0. The van der Waals surface area contributed by atoms with Gasteiger partial charge in [0.15, 0.2) is 0 Å². The van der Waals surface area contributed by atoms with Crippen LogP contribution in [-0.2, 0) is 12.8 Å². The van der Waals surface area contributed by atoms with Gasteiger partial charge in [0.25, 0.3) is 0 Å². The summed E-state index contributed by atoms with van der Waals surface area (Å²) in [5, 5.41) is 3.77. The van der Waals surface area contributed by atoms with Gasteiger partial charge >= 0.3 is 0 Å². The second-order valence-electron chi connectivity index (χ2n) is 6.28. The van der Waals surface area contributed by atoms with E-state index in [1.165, 1.54) is 35.1 Å². The topological polar surface area (TPSA) is 12.0 Å². The molecular formula is C20H25N. The van der Waals surface area contributed by atoms with Crippen LogP contribution in [0.15, 0.2) is 48.5 Å². The fourth-order valence-electron chi connectivity index (χ4n) is 3.47. The Kier molecular flexibility index (Phi) is 4.40. The van der Waals surface area contributed by atoms with Gasteiger partial charge < -0.3 is 5.32 Å². The highest BCUT2D eigenvalue weighted by molar-refractivity contribution is 5.36. The maximum Gasteiger partial charge on any atom is 0.0357 e. The normalized spacial score (nSPS) is 20.5.